The van der Waals surface area contributed by atoms with Crippen LogP contribution >= 0.6 is 0 Å². The molecule has 0 radical (unpaired) electrons. The number of nitrogens with one attached hydrogen (secondary N) is 2. The summed E-state index contributed by atoms with van der Waals surface area (Å²) in [4.78, 5) is 16.3. The van der Waals surface area contributed by atoms with Crippen LogP contribution in [0.25, 0.3) is 0 Å². The lowest BCUT2D eigenvalue weighted by atomic mass is 10.6. The summed E-state index contributed by atoms with van der Waals surface area (Å²) in [6.07, 6.45) is 0. The smallest absolute Gasteiger partial charge is 0.255 e. The van der Waals surface area contributed by atoms with E-state index in [1.54, 1.807) is 0 Å². The third kappa shape index (κ3) is 2.03. The molecule has 0 bridgehead atoms. The van der Waals surface area contributed by atoms with Gasteiger partial charge in [0, 0.05) is 6.54 Å². The maximum atomic E-state index is 12.4. The van der Waals surface area contributed by atoms with Gasteiger partial charge in [-0.05, 0) is 6.92 Å². The topological polar surface area (TPSA) is 57.8 Å². The molecule has 0 fully saturated rings. The molecule has 0 aliphatic heterocycles. The van der Waals surface area contributed by atoms with Crippen LogP contribution in [0.15, 0.2) is 10.9 Å². The maximum Gasteiger partial charge on any atom is 0.255 e. The second kappa shape index (κ2) is 3.14. The van der Waals surface area contributed by atoms with E-state index < -0.39 is 11.5 Å². The fourth-order valence-corrected chi connectivity index (χ4v) is 0.679. The van der Waals surface area contributed by atoms with Crippen molar-refractivity contribution in [1.82, 2.24) is 9.97 Å². The average Bonchev–Trinajstić information content (AvgIpc) is 1.85. The van der Waals surface area contributed by atoms with Crippen LogP contribution in [-0.4, -0.2) is 16.5 Å². The number of hydrogen-bond donors (Lipinski definition) is 2. The molecule has 0 aromatic carbocycles. The van der Waals surface area contributed by atoms with E-state index in [4.69, 9.17) is 0 Å². The molecule has 0 saturated heterocycles. The number of aromatic nitrogens is 2. The molecule has 1 rings (SSSR count). The normalized spacial score (nSPS) is 9.64. The van der Waals surface area contributed by atoms with Crippen molar-refractivity contribution in [2.24, 2.45) is 0 Å². The number of halogens is 1. The lowest BCUT2D eigenvalue weighted by Crippen LogP contribution is -2.12. The van der Waals surface area contributed by atoms with E-state index in [2.05, 4.69) is 15.3 Å². The molecule has 0 amide bonds. The van der Waals surface area contributed by atoms with Gasteiger partial charge in [0.1, 0.15) is 0 Å². The lowest BCUT2D eigenvalue weighted by molar-refractivity contribution is 0.579. The summed E-state index contributed by atoms with van der Waals surface area (Å²) < 4.78 is 12.4. The molecule has 5 heteroatoms. The molecule has 0 aliphatic carbocycles. The van der Waals surface area contributed by atoms with E-state index >= 15 is 0 Å². The molecular formula is C6H8FN3O. The Bertz CT molecular complexity index is 296. The van der Waals surface area contributed by atoms with Gasteiger partial charge in [-0.25, -0.2) is 0 Å². The van der Waals surface area contributed by atoms with Gasteiger partial charge in [0.15, 0.2) is 0 Å². The molecule has 2 N–H and O–H groups in total. The SMILES string of the molecule is CCNc1nc(F)cc(=O)[nH]1. The van der Waals surface area contributed by atoms with Gasteiger partial charge in [-0.3, -0.25) is 9.78 Å². The Morgan fingerprint density at radius 3 is 3.09 bits per heavy atom. The first-order valence-corrected chi connectivity index (χ1v) is 3.23. The maximum absolute atomic E-state index is 12.4. The summed E-state index contributed by atoms with van der Waals surface area (Å²) in [6, 6.07) is 0.792. The van der Waals surface area contributed by atoms with Crippen LogP contribution in [0.4, 0.5) is 10.3 Å². The largest absolute Gasteiger partial charge is 0.356 e. The molecule has 11 heavy (non-hydrogen) atoms. The highest BCUT2D eigenvalue weighted by molar-refractivity contribution is 5.21. The highest BCUT2D eigenvalue weighted by Gasteiger charge is 1.96. The van der Waals surface area contributed by atoms with Crippen molar-refractivity contribution in [3.05, 3.63) is 22.4 Å². The first-order valence-electron chi connectivity index (χ1n) is 3.23. The summed E-state index contributed by atoms with van der Waals surface area (Å²) >= 11 is 0. The van der Waals surface area contributed by atoms with E-state index in [-0.39, 0.29) is 5.95 Å². The molecule has 0 spiro atoms. The van der Waals surface area contributed by atoms with Crippen molar-refractivity contribution in [2.75, 3.05) is 11.9 Å². The fraction of sp³-hybridized carbons (Fsp3) is 0.333. The van der Waals surface area contributed by atoms with Crippen molar-refractivity contribution in [2.45, 2.75) is 6.92 Å². The molecule has 1 aromatic heterocycles. The Balaban J connectivity index is 2.99. The van der Waals surface area contributed by atoms with Gasteiger partial charge in [-0.1, -0.05) is 0 Å². The first kappa shape index (κ1) is 7.71. The molecule has 60 valence electrons. The van der Waals surface area contributed by atoms with E-state index in [1.807, 2.05) is 6.92 Å². The summed E-state index contributed by atoms with van der Waals surface area (Å²) in [5.74, 6) is -0.609. The molecule has 0 unspecified atom stereocenters. The summed E-state index contributed by atoms with van der Waals surface area (Å²) in [7, 11) is 0. The Labute approximate surface area is 62.5 Å². The van der Waals surface area contributed by atoms with Crippen LogP contribution in [0.3, 0.4) is 0 Å². The molecule has 1 aromatic rings. The zero-order valence-electron chi connectivity index (χ0n) is 6.02. The zero-order chi connectivity index (χ0) is 8.27. The summed E-state index contributed by atoms with van der Waals surface area (Å²) in [6.45, 7) is 2.41. The lowest BCUT2D eigenvalue weighted by Gasteiger charge is -1.99. The van der Waals surface area contributed by atoms with Gasteiger partial charge in [-0.15, -0.1) is 0 Å². The van der Waals surface area contributed by atoms with Gasteiger partial charge in [0.2, 0.25) is 11.9 Å². The van der Waals surface area contributed by atoms with Gasteiger partial charge in [0.25, 0.3) is 5.56 Å². The van der Waals surface area contributed by atoms with Crippen molar-refractivity contribution >= 4 is 5.95 Å². The van der Waals surface area contributed by atoms with E-state index in [1.165, 1.54) is 0 Å². The minimum atomic E-state index is -0.773. The molecule has 0 aliphatic rings. The number of anilines is 1. The van der Waals surface area contributed by atoms with Gasteiger partial charge in [0.05, 0.1) is 6.07 Å². The van der Waals surface area contributed by atoms with Crippen LogP contribution in [0.2, 0.25) is 0 Å². The Morgan fingerprint density at radius 1 is 1.82 bits per heavy atom. The van der Waals surface area contributed by atoms with Gasteiger partial charge < -0.3 is 5.32 Å². The highest BCUT2D eigenvalue weighted by atomic mass is 19.1. The minimum Gasteiger partial charge on any atom is -0.356 e. The second-order valence-corrected chi connectivity index (χ2v) is 1.95. The van der Waals surface area contributed by atoms with E-state index in [0.29, 0.717) is 6.54 Å². The molecular weight excluding hydrogens is 149 g/mol. The molecule has 1 heterocycles. The standard InChI is InChI=1S/C6H8FN3O/c1-2-8-6-9-4(7)3-5(11)10-6/h3H,2H2,1H3,(H2,8,9,10,11). The van der Waals surface area contributed by atoms with E-state index in [0.717, 1.165) is 6.07 Å². The third-order valence-electron chi connectivity index (χ3n) is 1.05. The van der Waals surface area contributed by atoms with Crippen LogP contribution in [0.1, 0.15) is 6.92 Å². The quantitative estimate of drug-likeness (QED) is 0.608. The van der Waals surface area contributed by atoms with Crippen molar-refractivity contribution < 1.29 is 4.39 Å². The van der Waals surface area contributed by atoms with Crippen molar-refractivity contribution in [1.29, 1.82) is 0 Å². The fourth-order valence-electron chi connectivity index (χ4n) is 0.679. The van der Waals surface area contributed by atoms with Crippen LogP contribution in [0.5, 0.6) is 0 Å². The third-order valence-corrected chi connectivity index (χ3v) is 1.05. The number of hydrogen-bond acceptors (Lipinski definition) is 3. The van der Waals surface area contributed by atoms with Gasteiger partial charge >= 0.3 is 0 Å². The summed E-state index contributed by atoms with van der Waals surface area (Å²) in [5, 5.41) is 2.68. The number of H-pyrrole nitrogens is 1. The average molecular weight is 157 g/mol. The predicted molar refractivity (Wildman–Crippen MR) is 39.0 cm³/mol. The van der Waals surface area contributed by atoms with Crippen molar-refractivity contribution in [3.63, 3.8) is 0 Å². The molecule has 4 nitrogen and oxygen atoms in total. The first-order chi connectivity index (χ1) is 5.22. The summed E-state index contributed by atoms with van der Waals surface area (Å²) in [5.41, 5.74) is -0.492. The molecule has 0 saturated carbocycles. The number of aromatic amines is 1. The Kier molecular flexibility index (Phi) is 2.20. The monoisotopic (exact) mass is 157 g/mol. The predicted octanol–water partition coefficient (Wildman–Crippen LogP) is 0.341. The van der Waals surface area contributed by atoms with Crippen LogP contribution in [-0.2, 0) is 0 Å². The number of nitrogens with zero attached hydrogens (tertiary/aromatic N) is 1. The van der Waals surface area contributed by atoms with Gasteiger partial charge in [-0.2, -0.15) is 9.37 Å². The van der Waals surface area contributed by atoms with Crippen LogP contribution in [0, 0.1) is 5.95 Å². The Hall–Kier alpha value is -1.39. The molecule has 0 atom stereocenters. The van der Waals surface area contributed by atoms with E-state index in [9.17, 15) is 9.18 Å². The van der Waals surface area contributed by atoms with Crippen LogP contribution < -0.4 is 10.9 Å². The minimum absolute atomic E-state index is 0.164. The second-order valence-electron chi connectivity index (χ2n) is 1.95. The Morgan fingerprint density at radius 2 is 2.55 bits per heavy atom. The number of rotatable bonds is 2. The highest BCUT2D eigenvalue weighted by Crippen LogP contribution is 1.93. The van der Waals surface area contributed by atoms with Crippen molar-refractivity contribution in [3.8, 4) is 0 Å². The zero-order valence-corrected chi connectivity index (χ0v) is 6.02.